The summed E-state index contributed by atoms with van der Waals surface area (Å²) in [6.45, 7) is 12.3. The summed E-state index contributed by atoms with van der Waals surface area (Å²) in [5.41, 5.74) is 1.60. The second-order valence-corrected chi connectivity index (χ2v) is 7.49. The number of aromatic nitrogens is 4. The largest absolute Gasteiger partial charge is 0.298 e. The lowest BCUT2D eigenvalue weighted by Crippen LogP contribution is -2.22. The fraction of sp³-hybridized carbons (Fsp3) is 0.412. The van der Waals surface area contributed by atoms with Gasteiger partial charge in [0.25, 0.3) is 0 Å². The molecule has 2 rings (SSSR count). The summed E-state index contributed by atoms with van der Waals surface area (Å²) in [4.78, 5) is 16.2. The second-order valence-electron chi connectivity index (χ2n) is 6.55. The number of rotatable bonds is 6. The molecule has 0 aliphatic carbocycles. The van der Waals surface area contributed by atoms with Crippen molar-refractivity contribution in [1.29, 1.82) is 0 Å². The van der Waals surface area contributed by atoms with Crippen LogP contribution in [0.15, 0.2) is 41.8 Å². The molecule has 0 spiro atoms. The zero-order valence-electron chi connectivity index (χ0n) is 14.0. The van der Waals surface area contributed by atoms with Crippen LogP contribution in [0.5, 0.6) is 0 Å². The summed E-state index contributed by atoms with van der Waals surface area (Å²) in [6, 6.07) is 3.79. The Morgan fingerprint density at radius 1 is 1.26 bits per heavy atom. The molecule has 0 saturated heterocycles. The molecule has 0 aliphatic heterocycles. The van der Waals surface area contributed by atoms with Gasteiger partial charge in [-0.2, -0.15) is 0 Å². The minimum Gasteiger partial charge on any atom is -0.298 e. The van der Waals surface area contributed by atoms with E-state index >= 15 is 0 Å². The predicted octanol–water partition coefficient (Wildman–Crippen LogP) is 3.62. The number of thioether (sulfide) groups is 1. The second kappa shape index (κ2) is 7.08. The number of pyridine rings is 1. The van der Waals surface area contributed by atoms with E-state index in [1.165, 1.54) is 11.8 Å². The standard InChI is InChI=1S/C17H22N4OS/c1-12(2)10-21-15(13-6-8-18-9-7-13)19-20-16(21)23-11-14(22)17(3,4)5/h6-9H,1,10-11H2,2-5H3. The van der Waals surface area contributed by atoms with Gasteiger partial charge in [-0.15, -0.1) is 10.2 Å². The number of carbonyl (C=O) groups is 1. The van der Waals surface area contributed by atoms with Crippen LogP contribution in [-0.4, -0.2) is 31.3 Å². The molecule has 5 nitrogen and oxygen atoms in total. The van der Waals surface area contributed by atoms with E-state index in [9.17, 15) is 4.79 Å². The Hall–Kier alpha value is -1.95. The number of carbonyl (C=O) groups excluding carboxylic acids is 1. The molecule has 6 heteroatoms. The van der Waals surface area contributed by atoms with Gasteiger partial charge in [-0.25, -0.2) is 0 Å². The highest BCUT2D eigenvalue weighted by atomic mass is 32.2. The molecule has 0 aromatic carbocycles. The van der Waals surface area contributed by atoms with E-state index in [2.05, 4.69) is 21.8 Å². The first kappa shape index (κ1) is 17.4. The van der Waals surface area contributed by atoms with Crippen LogP contribution < -0.4 is 0 Å². The molecule has 0 bridgehead atoms. The van der Waals surface area contributed by atoms with Gasteiger partial charge in [-0.1, -0.05) is 44.7 Å². The van der Waals surface area contributed by atoms with Crippen LogP contribution in [0.4, 0.5) is 0 Å². The van der Waals surface area contributed by atoms with Gasteiger partial charge in [0.1, 0.15) is 5.78 Å². The smallest absolute Gasteiger partial charge is 0.192 e. The van der Waals surface area contributed by atoms with Gasteiger partial charge in [-0.3, -0.25) is 14.3 Å². The summed E-state index contributed by atoms with van der Waals surface area (Å²) >= 11 is 1.42. The molecule has 2 heterocycles. The minimum atomic E-state index is -0.347. The number of ketones is 1. The molecular formula is C17H22N4OS. The van der Waals surface area contributed by atoms with Crippen molar-refractivity contribution in [2.24, 2.45) is 5.41 Å². The molecular weight excluding hydrogens is 308 g/mol. The highest BCUT2D eigenvalue weighted by molar-refractivity contribution is 7.99. The Labute approximate surface area is 141 Å². The quantitative estimate of drug-likeness (QED) is 0.598. The molecule has 0 radical (unpaired) electrons. The van der Waals surface area contributed by atoms with E-state index in [1.807, 2.05) is 44.4 Å². The molecule has 2 aromatic rings. The maximum atomic E-state index is 12.1. The molecule has 0 aliphatic rings. The Balaban J connectivity index is 2.28. The third kappa shape index (κ3) is 4.51. The van der Waals surface area contributed by atoms with E-state index in [-0.39, 0.29) is 11.2 Å². The number of hydrogen-bond donors (Lipinski definition) is 0. The van der Waals surface area contributed by atoms with Gasteiger partial charge in [0.2, 0.25) is 0 Å². The highest BCUT2D eigenvalue weighted by Crippen LogP contribution is 2.26. The van der Waals surface area contributed by atoms with E-state index < -0.39 is 0 Å². The topological polar surface area (TPSA) is 60.7 Å². The molecule has 0 N–H and O–H groups in total. The normalized spacial score (nSPS) is 11.5. The van der Waals surface area contributed by atoms with Crippen LogP contribution in [0, 0.1) is 5.41 Å². The monoisotopic (exact) mass is 330 g/mol. The van der Waals surface area contributed by atoms with Crippen molar-refractivity contribution in [1.82, 2.24) is 19.7 Å². The van der Waals surface area contributed by atoms with Crippen molar-refractivity contribution >= 4 is 17.5 Å². The van der Waals surface area contributed by atoms with Crippen molar-refractivity contribution in [2.45, 2.75) is 39.4 Å². The Morgan fingerprint density at radius 2 is 1.91 bits per heavy atom. The molecule has 2 aromatic heterocycles. The van der Waals surface area contributed by atoms with Crippen molar-refractivity contribution in [3.8, 4) is 11.4 Å². The highest BCUT2D eigenvalue weighted by Gasteiger charge is 2.23. The lowest BCUT2D eigenvalue weighted by Gasteiger charge is -2.16. The van der Waals surface area contributed by atoms with Crippen LogP contribution in [0.25, 0.3) is 11.4 Å². The Morgan fingerprint density at radius 3 is 2.48 bits per heavy atom. The van der Waals surface area contributed by atoms with Gasteiger partial charge in [0.15, 0.2) is 11.0 Å². The fourth-order valence-corrected chi connectivity index (χ4v) is 2.97. The Kier molecular flexibility index (Phi) is 5.36. The fourth-order valence-electron chi connectivity index (χ4n) is 1.87. The first-order valence-corrected chi connectivity index (χ1v) is 8.41. The van der Waals surface area contributed by atoms with Crippen LogP contribution in [-0.2, 0) is 11.3 Å². The third-order valence-electron chi connectivity index (χ3n) is 3.25. The number of allylic oxidation sites excluding steroid dienone is 1. The summed E-state index contributed by atoms with van der Waals surface area (Å²) in [5, 5.41) is 9.29. The van der Waals surface area contributed by atoms with Crippen molar-refractivity contribution in [3.05, 3.63) is 36.7 Å². The zero-order valence-corrected chi connectivity index (χ0v) is 14.9. The first-order chi connectivity index (χ1) is 10.8. The van der Waals surface area contributed by atoms with Crippen LogP contribution in [0.3, 0.4) is 0 Å². The van der Waals surface area contributed by atoms with E-state index in [4.69, 9.17) is 0 Å². The van der Waals surface area contributed by atoms with Crippen molar-refractivity contribution in [2.75, 3.05) is 5.75 Å². The minimum absolute atomic E-state index is 0.192. The van der Waals surface area contributed by atoms with E-state index in [0.717, 1.165) is 22.1 Å². The Bertz CT molecular complexity index is 701. The van der Waals surface area contributed by atoms with Gasteiger partial charge in [0.05, 0.1) is 5.75 Å². The lowest BCUT2D eigenvalue weighted by atomic mass is 9.92. The van der Waals surface area contributed by atoms with Gasteiger partial charge >= 0.3 is 0 Å². The summed E-state index contributed by atoms with van der Waals surface area (Å²) < 4.78 is 2.00. The molecule has 122 valence electrons. The molecule has 0 saturated carbocycles. The average Bonchev–Trinajstić information content (AvgIpc) is 2.86. The summed E-state index contributed by atoms with van der Waals surface area (Å²) in [6.07, 6.45) is 3.45. The van der Waals surface area contributed by atoms with Gasteiger partial charge < -0.3 is 0 Å². The van der Waals surface area contributed by atoms with Crippen molar-refractivity contribution < 1.29 is 4.79 Å². The maximum absolute atomic E-state index is 12.1. The van der Waals surface area contributed by atoms with Crippen LogP contribution >= 0.6 is 11.8 Å². The first-order valence-electron chi connectivity index (χ1n) is 7.43. The molecule has 0 unspecified atom stereocenters. The molecule has 23 heavy (non-hydrogen) atoms. The van der Waals surface area contributed by atoms with Crippen LogP contribution in [0.1, 0.15) is 27.7 Å². The number of nitrogens with zero attached hydrogens (tertiary/aromatic N) is 4. The maximum Gasteiger partial charge on any atom is 0.192 e. The van der Waals surface area contributed by atoms with Crippen LogP contribution in [0.2, 0.25) is 0 Å². The summed E-state index contributed by atoms with van der Waals surface area (Å²) in [7, 11) is 0. The van der Waals surface area contributed by atoms with E-state index in [1.54, 1.807) is 12.4 Å². The third-order valence-corrected chi connectivity index (χ3v) is 4.22. The number of hydrogen-bond acceptors (Lipinski definition) is 5. The van der Waals surface area contributed by atoms with E-state index in [0.29, 0.717) is 12.3 Å². The zero-order chi connectivity index (χ0) is 17.0. The molecule has 0 fully saturated rings. The van der Waals surface area contributed by atoms with Gasteiger partial charge in [-0.05, 0) is 19.1 Å². The van der Waals surface area contributed by atoms with Gasteiger partial charge in [0, 0.05) is 29.9 Å². The molecule has 0 atom stereocenters. The molecule has 0 amide bonds. The predicted molar refractivity (Wildman–Crippen MR) is 93.3 cm³/mol. The average molecular weight is 330 g/mol. The SMILES string of the molecule is C=C(C)Cn1c(SCC(=O)C(C)(C)C)nnc1-c1ccncc1. The van der Waals surface area contributed by atoms with Crippen molar-refractivity contribution in [3.63, 3.8) is 0 Å². The lowest BCUT2D eigenvalue weighted by molar-refractivity contribution is -0.123. The summed E-state index contributed by atoms with van der Waals surface area (Å²) in [5.74, 6) is 1.34. The number of Topliss-reactive ketones (excluding diaryl/α,β-unsaturated/α-hetero) is 1.